The van der Waals surface area contributed by atoms with E-state index in [0.29, 0.717) is 0 Å². The number of rotatable bonds is 5. The second kappa shape index (κ2) is 6.24. The van der Waals surface area contributed by atoms with Crippen molar-refractivity contribution in [3.05, 3.63) is 65.2 Å². The van der Waals surface area contributed by atoms with Gasteiger partial charge >= 0.3 is 5.97 Å². The van der Waals surface area contributed by atoms with Gasteiger partial charge in [-0.3, -0.25) is 4.79 Å². The van der Waals surface area contributed by atoms with Gasteiger partial charge in [0.25, 0.3) is 0 Å². The molecule has 0 heterocycles. The van der Waals surface area contributed by atoms with E-state index in [2.05, 4.69) is 43.1 Å². The first-order valence-corrected chi connectivity index (χ1v) is 6.62. The summed E-state index contributed by atoms with van der Waals surface area (Å²) in [5.41, 5.74) is 4.42. The highest BCUT2D eigenvalue weighted by Crippen LogP contribution is 2.17. The Balaban J connectivity index is 2.04. The zero-order valence-corrected chi connectivity index (χ0v) is 11.8. The van der Waals surface area contributed by atoms with Crippen LogP contribution >= 0.6 is 0 Å². The molecule has 0 spiro atoms. The molecule has 0 aliphatic carbocycles. The number of carbonyl (C=O) groups is 1. The summed E-state index contributed by atoms with van der Waals surface area (Å²) in [7, 11) is 2.06. The molecule has 3 nitrogen and oxygen atoms in total. The van der Waals surface area contributed by atoms with Crippen LogP contribution in [0.25, 0.3) is 0 Å². The minimum absolute atomic E-state index is 0.0774. The molecule has 0 radical (unpaired) electrons. The Morgan fingerprint density at radius 1 is 1.10 bits per heavy atom. The van der Waals surface area contributed by atoms with Crippen molar-refractivity contribution in [3.63, 3.8) is 0 Å². The van der Waals surface area contributed by atoms with E-state index in [0.717, 1.165) is 12.1 Å². The summed E-state index contributed by atoms with van der Waals surface area (Å²) in [6.45, 7) is 2.88. The predicted octanol–water partition coefficient (Wildman–Crippen LogP) is 3.26. The van der Waals surface area contributed by atoms with E-state index >= 15 is 0 Å². The molecular weight excluding hydrogens is 250 g/mol. The molecule has 0 saturated carbocycles. The highest BCUT2D eigenvalue weighted by atomic mass is 16.4. The van der Waals surface area contributed by atoms with Crippen LogP contribution < -0.4 is 4.90 Å². The van der Waals surface area contributed by atoms with Crippen LogP contribution in [0.3, 0.4) is 0 Å². The van der Waals surface area contributed by atoms with Crippen molar-refractivity contribution in [1.29, 1.82) is 0 Å². The molecule has 0 fully saturated rings. The van der Waals surface area contributed by atoms with Crippen molar-refractivity contribution >= 4 is 11.7 Å². The molecule has 2 aromatic carbocycles. The van der Waals surface area contributed by atoms with Crippen LogP contribution in [0.15, 0.2) is 48.5 Å². The van der Waals surface area contributed by atoms with E-state index in [1.54, 1.807) is 0 Å². The lowest BCUT2D eigenvalue weighted by Crippen LogP contribution is -2.16. The summed E-state index contributed by atoms with van der Waals surface area (Å²) in [5.74, 6) is -0.797. The molecule has 3 heteroatoms. The van der Waals surface area contributed by atoms with Gasteiger partial charge < -0.3 is 10.0 Å². The molecule has 0 aliphatic heterocycles. The van der Waals surface area contributed by atoms with Gasteiger partial charge in [-0.05, 0) is 35.7 Å². The van der Waals surface area contributed by atoms with Crippen LogP contribution in [0.5, 0.6) is 0 Å². The molecule has 0 unspecified atom stereocenters. The SMILES string of the molecule is Cc1cccc(N(C)Cc2ccc(CC(=O)O)cc2)c1. The van der Waals surface area contributed by atoms with Crippen LogP contribution in [0.2, 0.25) is 0 Å². The normalized spacial score (nSPS) is 10.3. The minimum Gasteiger partial charge on any atom is -0.481 e. The number of hydrogen-bond donors (Lipinski definition) is 1. The number of anilines is 1. The lowest BCUT2D eigenvalue weighted by Gasteiger charge is -2.20. The average Bonchev–Trinajstić information content (AvgIpc) is 2.40. The first-order valence-electron chi connectivity index (χ1n) is 6.62. The van der Waals surface area contributed by atoms with Gasteiger partial charge in [0.1, 0.15) is 0 Å². The average molecular weight is 269 g/mol. The zero-order chi connectivity index (χ0) is 14.5. The fourth-order valence-corrected chi connectivity index (χ4v) is 2.17. The highest BCUT2D eigenvalue weighted by Gasteiger charge is 2.04. The van der Waals surface area contributed by atoms with Crippen LogP contribution in [0.1, 0.15) is 16.7 Å². The van der Waals surface area contributed by atoms with E-state index in [1.165, 1.54) is 16.8 Å². The van der Waals surface area contributed by atoms with Gasteiger partial charge in [0, 0.05) is 19.3 Å². The monoisotopic (exact) mass is 269 g/mol. The summed E-state index contributed by atoms with van der Waals surface area (Å²) in [6.07, 6.45) is 0.0774. The number of aliphatic carboxylic acids is 1. The van der Waals surface area contributed by atoms with E-state index in [4.69, 9.17) is 5.11 Å². The molecule has 20 heavy (non-hydrogen) atoms. The molecule has 0 saturated heterocycles. The molecule has 0 aliphatic rings. The van der Waals surface area contributed by atoms with Crippen LogP contribution in [-0.2, 0) is 17.8 Å². The Morgan fingerprint density at radius 3 is 2.35 bits per heavy atom. The Bertz CT molecular complexity index is 590. The third-order valence-corrected chi connectivity index (χ3v) is 3.24. The van der Waals surface area contributed by atoms with Crippen molar-refractivity contribution < 1.29 is 9.90 Å². The van der Waals surface area contributed by atoms with Crippen molar-refractivity contribution in [3.8, 4) is 0 Å². The van der Waals surface area contributed by atoms with Gasteiger partial charge in [0.05, 0.1) is 6.42 Å². The molecule has 2 aromatic rings. The Morgan fingerprint density at radius 2 is 1.75 bits per heavy atom. The largest absolute Gasteiger partial charge is 0.481 e. The van der Waals surface area contributed by atoms with Gasteiger partial charge in [-0.15, -0.1) is 0 Å². The van der Waals surface area contributed by atoms with Crippen LogP contribution in [0, 0.1) is 6.92 Å². The van der Waals surface area contributed by atoms with Crippen molar-refractivity contribution in [2.24, 2.45) is 0 Å². The molecular formula is C17H19NO2. The third-order valence-electron chi connectivity index (χ3n) is 3.24. The van der Waals surface area contributed by atoms with Gasteiger partial charge in [0.15, 0.2) is 0 Å². The first kappa shape index (κ1) is 14.1. The predicted molar refractivity (Wildman–Crippen MR) is 81.1 cm³/mol. The maximum atomic E-state index is 10.6. The van der Waals surface area contributed by atoms with Gasteiger partial charge in [-0.2, -0.15) is 0 Å². The van der Waals surface area contributed by atoms with E-state index in [9.17, 15) is 4.79 Å². The molecule has 0 aromatic heterocycles. The van der Waals surface area contributed by atoms with Gasteiger partial charge in [-0.1, -0.05) is 36.4 Å². The van der Waals surface area contributed by atoms with Gasteiger partial charge in [0.2, 0.25) is 0 Å². The summed E-state index contributed by atoms with van der Waals surface area (Å²) in [6, 6.07) is 16.1. The van der Waals surface area contributed by atoms with Crippen LogP contribution in [0.4, 0.5) is 5.69 Å². The highest BCUT2D eigenvalue weighted by molar-refractivity contribution is 5.70. The lowest BCUT2D eigenvalue weighted by molar-refractivity contribution is -0.136. The van der Waals surface area contributed by atoms with E-state index < -0.39 is 5.97 Å². The number of nitrogens with zero attached hydrogens (tertiary/aromatic N) is 1. The molecule has 0 atom stereocenters. The second-order valence-corrected chi connectivity index (χ2v) is 5.08. The summed E-state index contributed by atoms with van der Waals surface area (Å²) in [4.78, 5) is 12.8. The number of carboxylic acids is 1. The minimum atomic E-state index is -0.797. The molecule has 0 amide bonds. The second-order valence-electron chi connectivity index (χ2n) is 5.08. The zero-order valence-electron chi connectivity index (χ0n) is 11.8. The number of aryl methyl sites for hydroxylation is 1. The van der Waals surface area contributed by atoms with Crippen molar-refractivity contribution in [2.75, 3.05) is 11.9 Å². The molecule has 1 N–H and O–H groups in total. The summed E-state index contributed by atoms with van der Waals surface area (Å²) < 4.78 is 0. The first-order chi connectivity index (χ1) is 9.54. The number of hydrogen-bond acceptors (Lipinski definition) is 2. The quantitative estimate of drug-likeness (QED) is 0.905. The van der Waals surface area contributed by atoms with Crippen molar-refractivity contribution in [2.45, 2.75) is 19.9 Å². The van der Waals surface area contributed by atoms with Gasteiger partial charge in [-0.25, -0.2) is 0 Å². The summed E-state index contributed by atoms with van der Waals surface area (Å²) >= 11 is 0. The third kappa shape index (κ3) is 3.85. The Hall–Kier alpha value is -2.29. The molecule has 104 valence electrons. The Kier molecular flexibility index (Phi) is 4.41. The number of benzene rings is 2. The molecule has 2 rings (SSSR count). The topological polar surface area (TPSA) is 40.5 Å². The smallest absolute Gasteiger partial charge is 0.307 e. The number of carboxylic acid groups (broad SMARTS) is 1. The van der Waals surface area contributed by atoms with E-state index in [-0.39, 0.29) is 6.42 Å². The standard InChI is InChI=1S/C17H19NO2/c1-13-4-3-5-16(10-13)18(2)12-15-8-6-14(7-9-15)11-17(19)20/h3-10H,11-12H2,1-2H3,(H,19,20). The maximum absolute atomic E-state index is 10.6. The lowest BCUT2D eigenvalue weighted by atomic mass is 10.1. The Labute approximate surface area is 119 Å². The summed E-state index contributed by atoms with van der Waals surface area (Å²) in [5, 5.41) is 8.75. The maximum Gasteiger partial charge on any atom is 0.307 e. The van der Waals surface area contributed by atoms with E-state index in [1.807, 2.05) is 24.3 Å². The van der Waals surface area contributed by atoms with Crippen LogP contribution in [-0.4, -0.2) is 18.1 Å². The fraction of sp³-hybridized carbons (Fsp3) is 0.235. The fourth-order valence-electron chi connectivity index (χ4n) is 2.17. The molecule has 0 bridgehead atoms. The van der Waals surface area contributed by atoms with Crippen molar-refractivity contribution in [1.82, 2.24) is 0 Å².